The number of nitrogens with one attached hydrogen (secondary N) is 1. The van der Waals surface area contributed by atoms with Crippen LogP contribution in [-0.4, -0.2) is 36.3 Å². The van der Waals surface area contributed by atoms with Crippen LogP contribution in [0.15, 0.2) is 15.9 Å². The van der Waals surface area contributed by atoms with E-state index in [9.17, 15) is 9.59 Å². The highest BCUT2D eigenvalue weighted by atomic mass is 79.9. The van der Waals surface area contributed by atoms with Gasteiger partial charge in [-0.3, -0.25) is 9.59 Å². The van der Waals surface area contributed by atoms with Gasteiger partial charge >= 0.3 is 0 Å². The summed E-state index contributed by atoms with van der Waals surface area (Å²) in [5.74, 6) is -0.192. The van der Waals surface area contributed by atoms with Crippen molar-refractivity contribution in [3.63, 3.8) is 0 Å². The van der Waals surface area contributed by atoms with Gasteiger partial charge in [-0.25, -0.2) is 0 Å². The van der Waals surface area contributed by atoms with Gasteiger partial charge in [-0.1, -0.05) is 0 Å². The van der Waals surface area contributed by atoms with Gasteiger partial charge in [0.05, 0.1) is 6.54 Å². The third-order valence-electron chi connectivity index (χ3n) is 2.68. The lowest BCUT2D eigenvalue weighted by Gasteiger charge is -2.15. The minimum absolute atomic E-state index is 0.00327. The average molecular weight is 317 g/mol. The van der Waals surface area contributed by atoms with Gasteiger partial charge in [0.25, 0.3) is 5.91 Å². The summed E-state index contributed by atoms with van der Waals surface area (Å²) in [7, 11) is 0. The van der Waals surface area contributed by atoms with Crippen molar-refractivity contribution in [3.05, 3.63) is 20.8 Å². The molecule has 2 heterocycles. The molecule has 0 saturated carbocycles. The lowest BCUT2D eigenvalue weighted by Crippen LogP contribution is -2.38. The molecule has 0 spiro atoms. The average Bonchev–Trinajstić information content (AvgIpc) is 2.95. The summed E-state index contributed by atoms with van der Waals surface area (Å²) >= 11 is 4.65. The van der Waals surface area contributed by atoms with Crippen LogP contribution in [-0.2, 0) is 4.79 Å². The molecule has 1 aliphatic rings. The van der Waals surface area contributed by atoms with Crippen LogP contribution in [0.4, 0.5) is 0 Å². The third kappa shape index (κ3) is 3.07. The standard InChI is InChI=1S/C11H13BrN2O2S/c12-8-3-6-17-10(8)11(16)13-7-9(15)14-4-1-2-5-14/h3,6H,1-2,4-5,7H2,(H,13,16). The van der Waals surface area contributed by atoms with E-state index in [0.717, 1.165) is 30.4 Å². The van der Waals surface area contributed by atoms with E-state index in [4.69, 9.17) is 0 Å². The summed E-state index contributed by atoms with van der Waals surface area (Å²) in [5, 5.41) is 4.49. The van der Waals surface area contributed by atoms with Gasteiger partial charge in [0.1, 0.15) is 4.88 Å². The molecule has 1 aromatic heterocycles. The van der Waals surface area contributed by atoms with Crippen LogP contribution in [0.3, 0.4) is 0 Å². The van der Waals surface area contributed by atoms with Crippen molar-refractivity contribution in [2.45, 2.75) is 12.8 Å². The Morgan fingerprint density at radius 3 is 2.71 bits per heavy atom. The molecule has 4 nitrogen and oxygen atoms in total. The highest BCUT2D eigenvalue weighted by Crippen LogP contribution is 2.22. The van der Waals surface area contributed by atoms with E-state index in [0.29, 0.717) is 4.88 Å². The lowest BCUT2D eigenvalue weighted by molar-refractivity contribution is -0.129. The molecule has 1 fully saturated rings. The Bertz CT molecular complexity index is 427. The topological polar surface area (TPSA) is 49.4 Å². The Kier molecular flexibility index (Phi) is 4.17. The molecule has 2 amide bonds. The Hall–Kier alpha value is -0.880. The zero-order chi connectivity index (χ0) is 12.3. The summed E-state index contributed by atoms with van der Waals surface area (Å²) in [6.07, 6.45) is 2.13. The second-order valence-electron chi connectivity index (χ2n) is 3.87. The molecule has 0 aliphatic carbocycles. The molecule has 0 bridgehead atoms. The fourth-order valence-corrected chi connectivity index (χ4v) is 3.24. The van der Waals surface area contributed by atoms with E-state index in [1.165, 1.54) is 11.3 Å². The van der Waals surface area contributed by atoms with E-state index < -0.39 is 0 Å². The second-order valence-corrected chi connectivity index (χ2v) is 5.64. The number of carbonyl (C=O) groups is 2. The van der Waals surface area contributed by atoms with Crippen LogP contribution in [0, 0.1) is 0 Å². The fourth-order valence-electron chi connectivity index (χ4n) is 1.77. The number of likely N-dealkylation sites (tertiary alicyclic amines) is 1. The fraction of sp³-hybridized carbons (Fsp3) is 0.455. The van der Waals surface area contributed by atoms with Crippen LogP contribution in [0.25, 0.3) is 0 Å². The molecule has 92 valence electrons. The Morgan fingerprint density at radius 2 is 2.12 bits per heavy atom. The quantitative estimate of drug-likeness (QED) is 0.925. The van der Waals surface area contributed by atoms with Crippen LogP contribution in [0.2, 0.25) is 0 Å². The molecule has 2 rings (SSSR count). The summed E-state index contributed by atoms with van der Waals surface area (Å²) in [5.41, 5.74) is 0. The van der Waals surface area contributed by atoms with E-state index in [1.807, 2.05) is 11.4 Å². The maximum atomic E-state index is 11.7. The maximum Gasteiger partial charge on any atom is 0.262 e. The van der Waals surface area contributed by atoms with Crippen molar-refractivity contribution in [3.8, 4) is 0 Å². The zero-order valence-electron chi connectivity index (χ0n) is 9.24. The van der Waals surface area contributed by atoms with Crippen LogP contribution in [0.5, 0.6) is 0 Å². The SMILES string of the molecule is O=C(NCC(=O)N1CCCC1)c1sccc1Br. The Morgan fingerprint density at radius 1 is 1.41 bits per heavy atom. The van der Waals surface area contributed by atoms with Gasteiger partial charge in [0.2, 0.25) is 5.91 Å². The van der Waals surface area contributed by atoms with Crippen molar-refractivity contribution in [2.24, 2.45) is 0 Å². The normalized spacial score (nSPS) is 15.0. The number of hydrogen-bond donors (Lipinski definition) is 1. The van der Waals surface area contributed by atoms with Crippen LogP contribution in [0.1, 0.15) is 22.5 Å². The largest absolute Gasteiger partial charge is 0.342 e. The first-order valence-corrected chi connectivity index (χ1v) is 7.14. The molecule has 1 saturated heterocycles. The van der Waals surface area contributed by atoms with Crippen molar-refractivity contribution < 1.29 is 9.59 Å². The predicted molar refractivity (Wildman–Crippen MR) is 70.2 cm³/mol. The number of nitrogens with zero attached hydrogens (tertiary/aromatic N) is 1. The Labute approximate surface area is 112 Å². The third-order valence-corrected chi connectivity index (χ3v) is 4.52. The van der Waals surface area contributed by atoms with Crippen LogP contribution < -0.4 is 5.32 Å². The molecule has 0 atom stereocenters. The molecule has 17 heavy (non-hydrogen) atoms. The van der Waals surface area contributed by atoms with E-state index in [-0.39, 0.29) is 18.4 Å². The molecular formula is C11H13BrN2O2S. The molecular weight excluding hydrogens is 304 g/mol. The zero-order valence-corrected chi connectivity index (χ0v) is 11.6. The van der Waals surface area contributed by atoms with Gasteiger partial charge in [0.15, 0.2) is 0 Å². The number of amides is 2. The summed E-state index contributed by atoms with van der Waals surface area (Å²) in [6, 6.07) is 1.82. The predicted octanol–water partition coefficient (Wildman–Crippen LogP) is 1.86. The smallest absolute Gasteiger partial charge is 0.262 e. The minimum atomic E-state index is -0.195. The van der Waals surface area contributed by atoms with Gasteiger partial charge in [-0.2, -0.15) is 0 Å². The summed E-state index contributed by atoms with van der Waals surface area (Å²) in [6.45, 7) is 1.72. The molecule has 0 unspecified atom stereocenters. The molecule has 6 heteroatoms. The number of thiophene rings is 1. The number of hydrogen-bond acceptors (Lipinski definition) is 3. The van der Waals surface area contributed by atoms with Crippen molar-refractivity contribution >= 4 is 39.1 Å². The van der Waals surface area contributed by atoms with Crippen molar-refractivity contribution in [1.82, 2.24) is 10.2 Å². The van der Waals surface area contributed by atoms with Crippen molar-refractivity contribution in [2.75, 3.05) is 19.6 Å². The lowest BCUT2D eigenvalue weighted by atomic mass is 10.4. The molecule has 0 radical (unpaired) electrons. The molecule has 0 aromatic carbocycles. The van der Waals surface area contributed by atoms with Crippen LogP contribution >= 0.6 is 27.3 Å². The summed E-state index contributed by atoms with van der Waals surface area (Å²) < 4.78 is 0.772. The van der Waals surface area contributed by atoms with E-state index in [2.05, 4.69) is 21.2 Å². The van der Waals surface area contributed by atoms with Gasteiger partial charge < -0.3 is 10.2 Å². The first kappa shape index (κ1) is 12.6. The highest BCUT2D eigenvalue weighted by Gasteiger charge is 2.19. The highest BCUT2D eigenvalue weighted by molar-refractivity contribution is 9.10. The second kappa shape index (κ2) is 5.64. The summed E-state index contributed by atoms with van der Waals surface area (Å²) in [4.78, 5) is 25.9. The van der Waals surface area contributed by atoms with Gasteiger partial charge in [-0.05, 0) is 40.2 Å². The first-order valence-electron chi connectivity index (χ1n) is 5.47. The van der Waals surface area contributed by atoms with Gasteiger partial charge in [0, 0.05) is 17.6 Å². The van der Waals surface area contributed by atoms with Crippen molar-refractivity contribution in [1.29, 1.82) is 0 Å². The number of halogens is 1. The monoisotopic (exact) mass is 316 g/mol. The minimum Gasteiger partial charge on any atom is -0.342 e. The van der Waals surface area contributed by atoms with Gasteiger partial charge in [-0.15, -0.1) is 11.3 Å². The first-order chi connectivity index (χ1) is 8.18. The number of rotatable bonds is 3. The van der Waals surface area contributed by atoms with E-state index >= 15 is 0 Å². The molecule has 1 N–H and O–H groups in total. The van der Waals surface area contributed by atoms with E-state index in [1.54, 1.807) is 4.90 Å². The molecule has 1 aliphatic heterocycles. The maximum absolute atomic E-state index is 11.7. The number of carbonyl (C=O) groups excluding carboxylic acids is 2. The molecule has 1 aromatic rings. The Balaban J connectivity index is 1.84.